The first-order valence-corrected chi connectivity index (χ1v) is 11.2. The lowest BCUT2D eigenvalue weighted by molar-refractivity contribution is -0.207. The third-order valence-electron chi connectivity index (χ3n) is 4.10. The SMILES string of the molecule is CCCC(=O)N[C@@](Nc1ccc(S(=O)(=O)Nc2ncccn2)cc1)(C(=O)OCC)C(F)(F)F. The van der Waals surface area contributed by atoms with Crippen LogP contribution >= 0.6 is 0 Å². The zero-order chi connectivity index (χ0) is 24.7. The third-order valence-corrected chi connectivity index (χ3v) is 5.44. The molecular formula is C19H22F3N5O5S. The topological polar surface area (TPSA) is 139 Å². The Balaban J connectivity index is 2.37. The van der Waals surface area contributed by atoms with Gasteiger partial charge in [-0.1, -0.05) is 6.92 Å². The monoisotopic (exact) mass is 489 g/mol. The van der Waals surface area contributed by atoms with E-state index in [0.29, 0.717) is 0 Å². The summed E-state index contributed by atoms with van der Waals surface area (Å²) in [6.45, 7) is 2.53. The number of amides is 1. The molecule has 2 aromatic rings. The standard InChI is InChI=1S/C19H22F3N5O5S/c1-3-6-15(28)26-18(19(20,21)22,16(29)32-4-2)25-13-7-9-14(10-8-13)33(30,31)27-17-23-11-5-12-24-17/h5,7-12,25H,3-4,6H2,1-2H3,(H,26,28)(H,23,24,27)/t18-/m0/s1. The molecule has 0 unspecified atom stereocenters. The Labute approximate surface area is 188 Å². The zero-order valence-corrected chi connectivity index (χ0v) is 18.5. The molecule has 0 aliphatic carbocycles. The average Bonchev–Trinajstić information content (AvgIpc) is 2.73. The summed E-state index contributed by atoms with van der Waals surface area (Å²) in [5.74, 6) is -2.99. The van der Waals surface area contributed by atoms with Gasteiger partial charge in [0.05, 0.1) is 11.5 Å². The van der Waals surface area contributed by atoms with Crippen molar-refractivity contribution in [3.05, 3.63) is 42.7 Å². The molecule has 10 nitrogen and oxygen atoms in total. The van der Waals surface area contributed by atoms with Crippen LogP contribution in [0.3, 0.4) is 0 Å². The second-order valence-corrected chi connectivity index (χ2v) is 8.28. The first kappa shape index (κ1) is 25.8. The van der Waals surface area contributed by atoms with Crippen molar-refractivity contribution in [2.45, 2.75) is 43.4 Å². The second kappa shape index (κ2) is 10.5. The van der Waals surface area contributed by atoms with Gasteiger partial charge in [0.2, 0.25) is 11.9 Å². The normalized spacial score (nSPS) is 13.5. The minimum atomic E-state index is -5.29. The fourth-order valence-corrected chi connectivity index (χ4v) is 3.55. The minimum absolute atomic E-state index is 0.197. The number of sulfonamides is 1. The lowest BCUT2D eigenvalue weighted by Gasteiger charge is -2.35. The number of benzene rings is 1. The van der Waals surface area contributed by atoms with Gasteiger partial charge in [0.25, 0.3) is 10.0 Å². The maximum Gasteiger partial charge on any atom is 0.441 e. The lowest BCUT2D eigenvalue weighted by atomic mass is 10.1. The van der Waals surface area contributed by atoms with Crippen molar-refractivity contribution in [1.82, 2.24) is 15.3 Å². The summed E-state index contributed by atoms with van der Waals surface area (Å²) in [6, 6.07) is 5.51. The molecule has 2 rings (SSSR count). The first-order chi connectivity index (χ1) is 15.4. The Bertz CT molecular complexity index is 1070. The summed E-state index contributed by atoms with van der Waals surface area (Å²) < 4.78 is 73.7. The lowest BCUT2D eigenvalue weighted by Crippen LogP contribution is -2.69. The van der Waals surface area contributed by atoms with Crippen LogP contribution in [0.5, 0.6) is 0 Å². The number of nitrogens with one attached hydrogen (secondary N) is 3. The molecule has 0 radical (unpaired) electrons. The minimum Gasteiger partial charge on any atom is -0.463 e. The van der Waals surface area contributed by atoms with E-state index < -0.39 is 33.7 Å². The van der Waals surface area contributed by atoms with Gasteiger partial charge in [-0.25, -0.2) is 27.9 Å². The van der Waals surface area contributed by atoms with Crippen molar-refractivity contribution >= 4 is 33.5 Å². The number of carbonyl (C=O) groups is 2. The van der Waals surface area contributed by atoms with Crippen LogP contribution in [0, 0.1) is 0 Å². The Kier molecular flexibility index (Phi) is 8.19. The molecule has 33 heavy (non-hydrogen) atoms. The van der Waals surface area contributed by atoms with E-state index in [-0.39, 0.29) is 36.0 Å². The Hall–Kier alpha value is -3.42. The molecule has 0 aliphatic rings. The van der Waals surface area contributed by atoms with Crippen LogP contribution in [0.15, 0.2) is 47.6 Å². The number of ether oxygens (including phenoxy) is 1. The van der Waals surface area contributed by atoms with Crippen molar-refractivity contribution in [1.29, 1.82) is 0 Å². The van der Waals surface area contributed by atoms with Gasteiger partial charge in [0.1, 0.15) is 0 Å². The highest BCUT2D eigenvalue weighted by molar-refractivity contribution is 7.92. The smallest absolute Gasteiger partial charge is 0.441 e. The van der Waals surface area contributed by atoms with Crippen LogP contribution in [-0.2, 0) is 24.3 Å². The quantitative estimate of drug-likeness (QED) is 0.342. The molecular weight excluding hydrogens is 467 g/mol. The highest BCUT2D eigenvalue weighted by Gasteiger charge is 2.63. The maximum absolute atomic E-state index is 14.0. The molecule has 0 fully saturated rings. The molecule has 1 aromatic carbocycles. The number of esters is 1. The van der Waals surface area contributed by atoms with Gasteiger partial charge in [0.15, 0.2) is 0 Å². The number of nitrogens with zero attached hydrogens (tertiary/aromatic N) is 2. The van der Waals surface area contributed by atoms with Gasteiger partial charge >= 0.3 is 17.8 Å². The molecule has 1 atom stereocenters. The van der Waals surface area contributed by atoms with Crippen LogP contribution in [0.1, 0.15) is 26.7 Å². The van der Waals surface area contributed by atoms with E-state index in [9.17, 15) is 31.2 Å². The van der Waals surface area contributed by atoms with Gasteiger partial charge < -0.3 is 15.4 Å². The van der Waals surface area contributed by atoms with E-state index >= 15 is 0 Å². The summed E-state index contributed by atoms with van der Waals surface area (Å²) in [6.07, 6.45) is -2.68. The van der Waals surface area contributed by atoms with Crippen molar-refractivity contribution in [3.8, 4) is 0 Å². The van der Waals surface area contributed by atoms with Crippen molar-refractivity contribution in [2.75, 3.05) is 16.6 Å². The van der Waals surface area contributed by atoms with Gasteiger partial charge in [-0.15, -0.1) is 0 Å². The Morgan fingerprint density at radius 3 is 2.18 bits per heavy atom. The van der Waals surface area contributed by atoms with Gasteiger partial charge in [-0.2, -0.15) is 13.2 Å². The van der Waals surface area contributed by atoms with E-state index in [0.717, 1.165) is 24.3 Å². The number of hydrogen-bond acceptors (Lipinski definition) is 8. The van der Waals surface area contributed by atoms with Gasteiger partial charge in [-0.05, 0) is 43.7 Å². The van der Waals surface area contributed by atoms with Crippen LogP contribution in [-0.4, -0.2) is 48.7 Å². The van der Waals surface area contributed by atoms with Crippen molar-refractivity contribution in [2.24, 2.45) is 0 Å². The molecule has 0 saturated carbocycles. The summed E-state index contributed by atoms with van der Waals surface area (Å²) in [7, 11) is -4.14. The summed E-state index contributed by atoms with van der Waals surface area (Å²) in [5.41, 5.74) is -3.88. The summed E-state index contributed by atoms with van der Waals surface area (Å²) >= 11 is 0. The number of carbonyl (C=O) groups excluding carboxylic acids is 2. The highest BCUT2D eigenvalue weighted by Crippen LogP contribution is 2.33. The summed E-state index contributed by atoms with van der Waals surface area (Å²) in [5, 5.41) is 3.65. The van der Waals surface area contributed by atoms with E-state index in [1.165, 1.54) is 25.4 Å². The van der Waals surface area contributed by atoms with E-state index in [2.05, 4.69) is 19.4 Å². The Morgan fingerprint density at radius 1 is 1.06 bits per heavy atom. The fraction of sp³-hybridized carbons (Fsp3) is 0.368. The highest BCUT2D eigenvalue weighted by atomic mass is 32.2. The average molecular weight is 489 g/mol. The predicted molar refractivity (Wildman–Crippen MR) is 111 cm³/mol. The van der Waals surface area contributed by atoms with E-state index in [1.807, 2.05) is 5.32 Å². The predicted octanol–water partition coefficient (Wildman–Crippen LogP) is 2.43. The fourth-order valence-electron chi connectivity index (χ4n) is 2.59. The molecule has 180 valence electrons. The zero-order valence-electron chi connectivity index (χ0n) is 17.6. The number of halogens is 3. The number of hydrogen-bond donors (Lipinski definition) is 3. The number of anilines is 2. The first-order valence-electron chi connectivity index (χ1n) is 9.68. The molecule has 0 aliphatic heterocycles. The Morgan fingerprint density at radius 2 is 1.67 bits per heavy atom. The number of alkyl halides is 3. The molecule has 1 heterocycles. The van der Waals surface area contributed by atoms with Crippen molar-refractivity contribution in [3.63, 3.8) is 0 Å². The van der Waals surface area contributed by atoms with E-state index in [4.69, 9.17) is 0 Å². The largest absolute Gasteiger partial charge is 0.463 e. The van der Waals surface area contributed by atoms with Gasteiger partial charge in [-0.3, -0.25) is 4.79 Å². The number of rotatable bonds is 10. The van der Waals surface area contributed by atoms with E-state index in [1.54, 1.807) is 12.2 Å². The van der Waals surface area contributed by atoms with Crippen LogP contribution in [0.2, 0.25) is 0 Å². The van der Waals surface area contributed by atoms with Crippen LogP contribution < -0.4 is 15.4 Å². The maximum atomic E-state index is 14.0. The van der Waals surface area contributed by atoms with Crippen LogP contribution in [0.25, 0.3) is 0 Å². The van der Waals surface area contributed by atoms with Crippen LogP contribution in [0.4, 0.5) is 24.8 Å². The van der Waals surface area contributed by atoms with Gasteiger partial charge in [0, 0.05) is 24.5 Å². The molecule has 1 aromatic heterocycles. The molecule has 0 spiro atoms. The molecule has 1 amide bonds. The third kappa shape index (κ3) is 6.31. The second-order valence-electron chi connectivity index (χ2n) is 6.59. The molecule has 14 heteroatoms. The summed E-state index contributed by atoms with van der Waals surface area (Å²) in [4.78, 5) is 31.5. The molecule has 0 bridgehead atoms. The van der Waals surface area contributed by atoms with Crippen molar-refractivity contribution < 1.29 is 35.9 Å². The molecule has 0 saturated heterocycles. The molecule has 3 N–H and O–H groups in total. The number of aromatic nitrogens is 2.